The molecule has 4 N–H and O–H groups in total. The van der Waals surface area contributed by atoms with Gasteiger partial charge < -0.3 is 16.3 Å². The number of oxime groups is 1. The third-order valence-electron chi connectivity index (χ3n) is 3.48. The number of hydrogen-bond acceptors (Lipinski definition) is 4. The molecule has 0 atom stereocenters. The standard InChI is InChI=1S/C13H20N4O/c14-13(17-18)12-8-11(5-7-16-12)9-15-6-4-10-2-1-3-10/h5,7-8,10,15,18H,1-4,6,9H2,(H2,14,17). The Kier molecular flexibility index (Phi) is 4.52. The number of hydrogen-bond donors (Lipinski definition) is 3. The number of nitrogens with two attached hydrogens (primary N) is 1. The van der Waals surface area contributed by atoms with Crippen molar-refractivity contribution in [1.29, 1.82) is 0 Å². The van der Waals surface area contributed by atoms with Crippen molar-refractivity contribution >= 4 is 5.84 Å². The molecular weight excluding hydrogens is 228 g/mol. The van der Waals surface area contributed by atoms with E-state index >= 15 is 0 Å². The van der Waals surface area contributed by atoms with Crippen molar-refractivity contribution in [3.8, 4) is 0 Å². The van der Waals surface area contributed by atoms with Gasteiger partial charge in [-0.2, -0.15) is 0 Å². The maximum absolute atomic E-state index is 8.60. The number of nitrogens with one attached hydrogen (secondary N) is 1. The fourth-order valence-corrected chi connectivity index (χ4v) is 2.10. The number of aromatic nitrogens is 1. The quantitative estimate of drug-likeness (QED) is 0.234. The molecule has 98 valence electrons. The molecule has 1 aliphatic carbocycles. The Balaban J connectivity index is 1.77. The molecule has 0 radical (unpaired) electrons. The molecule has 18 heavy (non-hydrogen) atoms. The molecule has 0 spiro atoms. The molecule has 0 saturated heterocycles. The third kappa shape index (κ3) is 3.43. The van der Waals surface area contributed by atoms with Gasteiger partial charge in [0.2, 0.25) is 0 Å². The maximum atomic E-state index is 8.60. The highest BCUT2D eigenvalue weighted by atomic mass is 16.4. The second kappa shape index (κ2) is 6.35. The molecule has 1 fully saturated rings. The summed E-state index contributed by atoms with van der Waals surface area (Å²) in [6.07, 6.45) is 7.13. The summed E-state index contributed by atoms with van der Waals surface area (Å²) in [4.78, 5) is 4.05. The van der Waals surface area contributed by atoms with E-state index < -0.39 is 0 Å². The molecular formula is C13H20N4O. The van der Waals surface area contributed by atoms with Crippen LogP contribution in [0.1, 0.15) is 36.9 Å². The van der Waals surface area contributed by atoms with Gasteiger partial charge in [0.05, 0.1) is 0 Å². The van der Waals surface area contributed by atoms with E-state index in [-0.39, 0.29) is 5.84 Å². The first kappa shape index (κ1) is 12.8. The molecule has 0 amide bonds. The molecule has 1 aromatic heterocycles. The summed E-state index contributed by atoms with van der Waals surface area (Å²) in [6, 6.07) is 3.77. The van der Waals surface area contributed by atoms with Gasteiger partial charge in [-0.25, -0.2) is 0 Å². The SMILES string of the molecule is N/C(=N/O)c1cc(CNCCC2CCC2)ccn1. The van der Waals surface area contributed by atoms with Crippen molar-refractivity contribution in [3.05, 3.63) is 29.6 Å². The van der Waals surface area contributed by atoms with Gasteiger partial charge in [0.1, 0.15) is 5.69 Å². The van der Waals surface area contributed by atoms with Gasteiger partial charge in [0.15, 0.2) is 5.84 Å². The number of amidine groups is 1. The average Bonchev–Trinajstić information content (AvgIpc) is 2.36. The van der Waals surface area contributed by atoms with Gasteiger partial charge in [-0.15, -0.1) is 0 Å². The molecule has 1 aromatic rings. The van der Waals surface area contributed by atoms with Gasteiger partial charge in [-0.1, -0.05) is 24.4 Å². The third-order valence-corrected chi connectivity index (χ3v) is 3.48. The van der Waals surface area contributed by atoms with E-state index in [1.54, 1.807) is 6.20 Å². The minimum Gasteiger partial charge on any atom is -0.409 e. The first-order chi connectivity index (χ1) is 8.79. The lowest BCUT2D eigenvalue weighted by molar-refractivity contribution is 0.292. The summed E-state index contributed by atoms with van der Waals surface area (Å²) in [5, 5.41) is 15.0. The number of rotatable bonds is 6. The van der Waals surface area contributed by atoms with Crippen molar-refractivity contribution in [2.24, 2.45) is 16.8 Å². The van der Waals surface area contributed by atoms with E-state index in [1.807, 2.05) is 12.1 Å². The van der Waals surface area contributed by atoms with Gasteiger partial charge >= 0.3 is 0 Å². The molecule has 0 aliphatic heterocycles. The van der Waals surface area contributed by atoms with Crippen LogP contribution in [0.3, 0.4) is 0 Å². The van der Waals surface area contributed by atoms with Crippen molar-refractivity contribution in [2.45, 2.75) is 32.2 Å². The molecule has 5 nitrogen and oxygen atoms in total. The Morgan fingerprint density at radius 2 is 2.39 bits per heavy atom. The van der Waals surface area contributed by atoms with Gasteiger partial charge in [0, 0.05) is 12.7 Å². The first-order valence-electron chi connectivity index (χ1n) is 6.43. The molecule has 5 heteroatoms. The predicted molar refractivity (Wildman–Crippen MR) is 70.4 cm³/mol. The lowest BCUT2D eigenvalue weighted by Crippen LogP contribution is -2.21. The maximum Gasteiger partial charge on any atom is 0.188 e. The van der Waals surface area contributed by atoms with Gasteiger partial charge in [-0.05, 0) is 36.6 Å². The van der Waals surface area contributed by atoms with Crippen molar-refractivity contribution in [3.63, 3.8) is 0 Å². The average molecular weight is 248 g/mol. The molecule has 1 saturated carbocycles. The Hall–Kier alpha value is -1.62. The van der Waals surface area contributed by atoms with Crippen molar-refractivity contribution in [2.75, 3.05) is 6.54 Å². The fraction of sp³-hybridized carbons (Fsp3) is 0.538. The van der Waals surface area contributed by atoms with E-state index in [9.17, 15) is 0 Å². The molecule has 1 aliphatic rings. The van der Waals surface area contributed by atoms with Crippen LogP contribution in [0.4, 0.5) is 0 Å². The Morgan fingerprint density at radius 3 is 3.06 bits per heavy atom. The zero-order valence-corrected chi connectivity index (χ0v) is 10.5. The van der Waals surface area contributed by atoms with Crippen LogP contribution in [-0.4, -0.2) is 22.6 Å². The van der Waals surface area contributed by atoms with E-state index in [0.29, 0.717) is 5.69 Å². The Bertz CT molecular complexity index is 415. The second-order valence-corrected chi connectivity index (χ2v) is 4.80. The molecule has 1 heterocycles. The topological polar surface area (TPSA) is 83.5 Å². The zero-order valence-electron chi connectivity index (χ0n) is 10.5. The molecule has 0 unspecified atom stereocenters. The lowest BCUT2D eigenvalue weighted by atomic mass is 9.83. The van der Waals surface area contributed by atoms with Gasteiger partial charge in [0.25, 0.3) is 0 Å². The van der Waals surface area contributed by atoms with Crippen LogP contribution in [0, 0.1) is 5.92 Å². The summed E-state index contributed by atoms with van der Waals surface area (Å²) < 4.78 is 0. The number of nitrogens with zero attached hydrogens (tertiary/aromatic N) is 2. The minimum atomic E-state index is 0.0475. The van der Waals surface area contributed by atoms with E-state index in [1.165, 1.54) is 25.7 Å². The molecule has 0 bridgehead atoms. The fourth-order valence-electron chi connectivity index (χ4n) is 2.10. The van der Waals surface area contributed by atoms with Crippen LogP contribution in [0.25, 0.3) is 0 Å². The van der Waals surface area contributed by atoms with Crippen molar-refractivity contribution < 1.29 is 5.21 Å². The number of pyridine rings is 1. The summed E-state index contributed by atoms with van der Waals surface area (Å²) in [5.41, 5.74) is 7.11. The highest BCUT2D eigenvalue weighted by Crippen LogP contribution is 2.28. The second-order valence-electron chi connectivity index (χ2n) is 4.80. The Labute approximate surface area is 107 Å². The Morgan fingerprint density at radius 1 is 1.56 bits per heavy atom. The normalized spacial score (nSPS) is 16.6. The summed E-state index contributed by atoms with van der Waals surface area (Å²) >= 11 is 0. The predicted octanol–water partition coefficient (Wildman–Crippen LogP) is 1.46. The largest absolute Gasteiger partial charge is 0.409 e. The summed E-state index contributed by atoms with van der Waals surface area (Å²) in [6.45, 7) is 1.84. The van der Waals surface area contributed by atoms with Gasteiger partial charge in [-0.3, -0.25) is 4.98 Å². The van der Waals surface area contributed by atoms with Crippen LogP contribution in [0.2, 0.25) is 0 Å². The van der Waals surface area contributed by atoms with E-state index in [0.717, 1.165) is 24.6 Å². The van der Waals surface area contributed by atoms with Crippen LogP contribution < -0.4 is 11.1 Å². The monoisotopic (exact) mass is 248 g/mol. The molecule has 2 rings (SSSR count). The summed E-state index contributed by atoms with van der Waals surface area (Å²) in [7, 11) is 0. The lowest BCUT2D eigenvalue weighted by Gasteiger charge is -2.25. The van der Waals surface area contributed by atoms with Crippen LogP contribution >= 0.6 is 0 Å². The van der Waals surface area contributed by atoms with Crippen LogP contribution in [0.5, 0.6) is 0 Å². The first-order valence-corrected chi connectivity index (χ1v) is 6.43. The van der Waals surface area contributed by atoms with Crippen LogP contribution in [-0.2, 0) is 6.54 Å². The zero-order chi connectivity index (χ0) is 12.8. The summed E-state index contributed by atoms with van der Waals surface area (Å²) in [5.74, 6) is 0.981. The van der Waals surface area contributed by atoms with E-state index in [4.69, 9.17) is 10.9 Å². The van der Waals surface area contributed by atoms with Crippen LogP contribution in [0.15, 0.2) is 23.5 Å². The highest BCUT2D eigenvalue weighted by molar-refractivity contribution is 5.95. The molecule has 0 aromatic carbocycles. The highest BCUT2D eigenvalue weighted by Gasteiger charge is 2.16. The van der Waals surface area contributed by atoms with Crippen molar-refractivity contribution in [1.82, 2.24) is 10.3 Å². The smallest absolute Gasteiger partial charge is 0.188 e. The minimum absolute atomic E-state index is 0.0475. The van der Waals surface area contributed by atoms with E-state index in [2.05, 4.69) is 15.5 Å².